The minimum atomic E-state index is 0.605. The first kappa shape index (κ1) is 19.8. The molecule has 0 amide bonds. The van der Waals surface area contributed by atoms with E-state index in [4.69, 9.17) is 14.1 Å². The second-order valence-corrected chi connectivity index (χ2v) is 8.42. The Kier molecular flexibility index (Phi) is 5.75. The first-order valence-corrected chi connectivity index (χ1v) is 10.9. The Bertz CT molecular complexity index is 969. The molecule has 29 heavy (non-hydrogen) atoms. The van der Waals surface area contributed by atoms with Gasteiger partial charge in [0.25, 0.3) is 0 Å². The van der Waals surface area contributed by atoms with Gasteiger partial charge in [0.15, 0.2) is 0 Å². The van der Waals surface area contributed by atoms with Gasteiger partial charge in [-0.2, -0.15) is 0 Å². The zero-order valence-corrected chi connectivity index (χ0v) is 18.0. The van der Waals surface area contributed by atoms with Crippen LogP contribution in [0.4, 0.5) is 0 Å². The third-order valence-corrected chi connectivity index (χ3v) is 6.15. The predicted octanol–water partition coefficient (Wildman–Crippen LogP) is 6.52. The van der Waals surface area contributed by atoms with Gasteiger partial charge in [-0.1, -0.05) is 39.0 Å². The Morgan fingerprint density at radius 2 is 1.93 bits per heavy atom. The third-order valence-electron chi connectivity index (χ3n) is 6.15. The number of benzene rings is 2. The lowest BCUT2D eigenvalue weighted by atomic mass is 9.90. The van der Waals surface area contributed by atoms with E-state index in [1.807, 2.05) is 6.92 Å². The molecule has 3 nitrogen and oxygen atoms in total. The molecular formula is C26H31NO2. The van der Waals surface area contributed by atoms with Crippen molar-refractivity contribution in [3.8, 4) is 17.2 Å². The molecule has 1 heterocycles. The molecule has 3 aromatic rings. The molecule has 4 rings (SSSR count). The summed E-state index contributed by atoms with van der Waals surface area (Å²) < 4.78 is 12.0. The summed E-state index contributed by atoms with van der Waals surface area (Å²) in [5, 5.41) is 0. The van der Waals surface area contributed by atoms with Crippen molar-refractivity contribution in [3.63, 3.8) is 0 Å². The van der Waals surface area contributed by atoms with Gasteiger partial charge in [-0.15, -0.1) is 0 Å². The standard InChI is InChI=1S/C26H31NO2/c1-5-19-6-8-20(9-7-19)26-27-25(18(4)29-26)14-15-28-22-11-13-24-21(16-22)10-12-23(24)17(2)3/h6-9,11,13,16-17,23H,5,10,12,14-15H2,1-4H3. The van der Waals surface area contributed by atoms with Crippen LogP contribution in [0, 0.1) is 12.8 Å². The first-order chi connectivity index (χ1) is 14.0. The van der Waals surface area contributed by atoms with Crippen molar-refractivity contribution in [3.05, 3.63) is 70.6 Å². The number of ether oxygens (including phenoxy) is 1. The van der Waals surface area contributed by atoms with Gasteiger partial charge in [0.1, 0.15) is 11.5 Å². The van der Waals surface area contributed by atoms with Gasteiger partial charge in [-0.25, -0.2) is 4.98 Å². The van der Waals surface area contributed by atoms with Gasteiger partial charge in [0.05, 0.1) is 12.3 Å². The summed E-state index contributed by atoms with van der Waals surface area (Å²) in [5.41, 5.74) is 6.28. The number of oxazole rings is 1. The largest absolute Gasteiger partial charge is 0.493 e. The van der Waals surface area contributed by atoms with Gasteiger partial charge < -0.3 is 9.15 Å². The van der Waals surface area contributed by atoms with E-state index in [-0.39, 0.29) is 0 Å². The maximum absolute atomic E-state index is 6.05. The summed E-state index contributed by atoms with van der Waals surface area (Å²) in [4.78, 5) is 4.71. The summed E-state index contributed by atoms with van der Waals surface area (Å²) in [6.07, 6.45) is 4.21. The van der Waals surface area contributed by atoms with Gasteiger partial charge in [0.2, 0.25) is 5.89 Å². The molecular weight excluding hydrogens is 358 g/mol. The topological polar surface area (TPSA) is 35.3 Å². The van der Waals surface area contributed by atoms with Crippen molar-refractivity contribution >= 4 is 0 Å². The molecule has 1 aliphatic rings. The second-order valence-electron chi connectivity index (χ2n) is 8.42. The Hall–Kier alpha value is -2.55. The number of hydrogen-bond acceptors (Lipinski definition) is 3. The fourth-order valence-corrected chi connectivity index (χ4v) is 4.34. The Morgan fingerprint density at radius 3 is 2.66 bits per heavy atom. The third kappa shape index (κ3) is 4.24. The van der Waals surface area contributed by atoms with Gasteiger partial charge >= 0.3 is 0 Å². The average Bonchev–Trinajstić information content (AvgIpc) is 3.31. The highest BCUT2D eigenvalue weighted by atomic mass is 16.5. The maximum atomic E-state index is 6.05. The first-order valence-electron chi connectivity index (χ1n) is 10.9. The number of fused-ring (bicyclic) bond motifs is 1. The molecule has 0 spiro atoms. The summed E-state index contributed by atoms with van der Waals surface area (Å²) in [6, 6.07) is 15.1. The fraction of sp³-hybridized carbons (Fsp3) is 0.423. The molecule has 3 heteroatoms. The average molecular weight is 390 g/mol. The van der Waals surface area contributed by atoms with Gasteiger partial charge in [-0.05, 0) is 79.0 Å². The molecule has 0 saturated heterocycles. The molecule has 152 valence electrons. The van der Waals surface area contributed by atoms with E-state index >= 15 is 0 Å². The number of hydrogen-bond donors (Lipinski definition) is 0. The van der Waals surface area contributed by atoms with Crippen molar-refractivity contribution < 1.29 is 9.15 Å². The van der Waals surface area contributed by atoms with E-state index in [2.05, 4.69) is 63.2 Å². The minimum Gasteiger partial charge on any atom is -0.493 e. The lowest BCUT2D eigenvalue weighted by Gasteiger charge is -2.16. The van der Waals surface area contributed by atoms with Crippen LogP contribution >= 0.6 is 0 Å². The molecule has 1 aliphatic carbocycles. The van der Waals surface area contributed by atoms with Crippen molar-refractivity contribution in [2.45, 2.75) is 59.3 Å². The number of aryl methyl sites for hydroxylation is 3. The zero-order chi connectivity index (χ0) is 20.4. The van der Waals surface area contributed by atoms with E-state index in [1.165, 1.54) is 23.1 Å². The predicted molar refractivity (Wildman–Crippen MR) is 118 cm³/mol. The van der Waals surface area contributed by atoms with E-state index < -0.39 is 0 Å². The van der Waals surface area contributed by atoms with Crippen molar-refractivity contribution in [2.75, 3.05) is 6.61 Å². The normalized spacial score (nSPS) is 15.7. The van der Waals surface area contributed by atoms with Crippen LogP contribution in [0.15, 0.2) is 46.9 Å². The van der Waals surface area contributed by atoms with Crippen molar-refractivity contribution in [1.82, 2.24) is 4.98 Å². The molecule has 1 atom stereocenters. The Labute approximate surface area is 174 Å². The molecule has 0 saturated carbocycles. The van der Waals surface area contributed by atoms with Crippen LogP contribution in [0.2, 0.25) is 0 Å². The van der Waals surface area contributed by atoms with Crippen molar-refractivity contribution in [2.24, 2.45) is 5.92 Å². The van der Waals surface area contributed by atoms with E-state index in [1.54, 1.807) is 0 Å². The van der Waals surface area contributed by atoms with Gasteiger partial charge in [-0.3, -0.25) is 0 Å². The van der Waals surface area contributed by atoms with E-state index in [0.717, 1.165) is 42.0 Å². The second kappa shape index (κ2) is 8.44. The van der Waals surface area contributed by atoms with Crippen LogP contribution in [-0.2, 0) is 19.3 Å². The molecule has 0 fully saturated rings. The summed E-state index contributed by atoms with van der Waals surface area (Å²) >= 11 is 0. The van der Waals surface area contributed by atoms with Crippen LogP contribution in [0.1, 0.15) is 61.3 Å². The summed E-state index contributed by atoms with van der Waals surface area (Å²) in [5.74, 6) is 3.92. The molecule has 2 aromatic carbocycles. The van der Waals surface area contributed by atoms with Gasteiger partial charge in [0, 0.05) is 12.0 Å². The Morgan fingerprint density at radius 1 is 1.14 bits per heavy atom. The molecule has 0 aliphatic heterocycles. The molecule has 0 N–H and O–H groups in total. The number of nitrogens with zero attached hydrogens (tertiary/aromatic N) is 1. The molecule has 0 bridgehead atoms. The monoisotopic (exact) mass is 389 g/mol. The SMILES string of the molecule is CCc1ccc(-c2nc(CCOc3ccc4c(c3)CCC4C(C)C)c(C)o2)cc1. The van der Waals surface area contributed by atoms with Crippen LogP contribution in [0.25, 0.3) is 11.5 Å². The quantitative estimate of drug-likeness (QED) is 0.461. The minimum absolute atomic E-state index is 0.605. The van der Waals surface area contributed by atoms with Crippen LogP contribution < -0.4 is 4.74 Å². The number of rotatable bonds is 7. The maximum Gasteiger partial charge on any atom is 0.226 e. The summed E-state index contributed by atoms with van der Waals surface area (Å²) in [6.45, 7) is 9.38. The zero-order valence-electron chi connectivity index (χ0n) is 18.0. The van der Waals surface area contributed by atoms with E-state index in [9.17, 15) is 0 Å². The smallest absolute Gasteiger partial charge is 0.226 e. The Balaban J connectivity index is 1.38. The number of aromatic nitrogens is 1. The lowest BCUT2D eigenvalue weighted by Crippen LogP contribution is -2.04. The lowest BCUT2D eigenvalue weighted by molar-refractivity contribution is 0.319. The van der Waals surface area contributed by atoms with Crippen molar-refractivity contribution in [1.29, 1.82) is 0 Å². The molecule has 0 radical (unpaired) electrons. The van der Waals surface area contributed by atoms with Crippen LogP contribution in [0.5, 0.6) is 5.75 Å². The van der Waals surface area contributed by atoms with Crippen LogP contribution in [0.3, 0.4) is 0 Å². The highest BCUT2D eigenvalue weighted by molar-refractivity contribution is 5.54. The molecule has 1 aromatic heterocycles. The fourth-order valence-electron chi connectivity index (χ4n) is 4.34. The van der Waals surface area contributed by atoms with Crippen LogP contribution in [-0.4, -0.2) is 11.6 Å². The highest BCUT2D eigenvalue weighted by Crippen LogP contribution is 2.39. The highest BCUT2D eigenvalue weighted by Gasteiger charge is 2.25. The summed E-state index contributed by atoms with van der Waals surface area (Å²) in [7, 11) is 0. The molecule has 1 unspecified atom stereocenters. The van der Waals surface area contributed by atoms with E-state index in [0.29, 0.717) is 24.3 Å².